The fraction of sp³-hybridized carbons (Fsp3) is 0.353. The Morgan fingerprint density at radius 2 is 1.96 bits per heavy atom. The van der Waals surface area contributed by atoms with E-state index in [-0.39, 0.29) is 12.5 Å². The van der Waals surface area contributed by atoms with Crippen LogP contribution in [0.4, 0.5) is 13.2 Å². The largest absolute Gasteiger partial charge is 0.435 e. The fourth-order valence-electron chi connectivity index (χ4n) is 2.76. The number of rotatable bonds is 4. The number of amides is 1. The van der Waals surface area contributed by atoms with E-state index < -0.39 is 17.9 Å². The molecular formula is C17H18F3N5O. The minimum Gasteiger partial charge on any atom is -0.336 e. The third-order valence-corrected chi connectivity index (χ3v) is 4.29. The van der Waals surface area contributed by atoms with Crippen LogP contribution in [0, 0.1) is 0 Å². The molecule has 0 spiro atoms. The lowest BCUT2D eigenvalue weighted by atomic mass is 10.3. The third kappa shape index (κ3) is 3.29. The Hall–Kier alpha value is -2.84. The predicted octanol–water partition coefficient (Wildman–Crippen LogP) is 3.01. The van der Waals surface area contributed by atoms with Crippen molar-refractivity contribution in [3.63, 3.8) is 0 Å². The molecule has 0 radical (unpaired) electrons. The number of aromatic nitrogens is 4. The van der Waals surface area contributed by atoms with Crippen molar-refractivity contribution in [1.82, 2.24) is 24.2 Å². The van der Waals surface area contributed by atoms with Gasteiger partial charge in [0, 0.05) is 20.3 Å². The molecule has 1 amide bonds. The van der Waals surface area contributed by atoms with E-state index >= 15 is 0 Å². The Bertz CT molecular complexity index is 943. The van der Waals surface area contributed by atoms with E-state index in [0.717, 1.165) is 28.0 Å². The highest BCUT2D eigenvalue weighted by atomic mass is 19.4. The molecule has 3 rings (SSSR count). The zero-order valence-corrected chi connectivity index (χ0v) is 14.5. The molecule has 0 N–H and O–H groups in total. The molecule has 0 aliphatic rings. The van der Waals surface area contributed by atoms with Gasteiger partial charge in [-0.25, -0.2) is 4.98 Å². The molecule has 0 aliphatic carbocycles. The first kappa shape index (κ1) is 18.0. The van der Waals surface area contributed by atoms with Gasteiger partial charge < -0.3 is 9.47 Å². The molecule has 26 heavy (non-hydrogen) atoms. The highest BCUT2D eigenvalue weighted by Gasteiger charge is 2.34. The second-order valence-corrected chi connectivity index (χ2v) is 6.12. The first-order valence-electron chi connectivity index (χ1n) is 7.96. The third-order valence-electron chi connectivity index (χ3n) is 4.29. The molecule has 0 saturated carbocycles. The molecule has 6 nitrogen and oxygen atoms in total. The molecular weight excluding hydrogens is 347 g/mol. The maximum Gasteiger partial charge on any atom is 0.435 e. The number of imidazole rings is 1. The van der Waals surface area contributed by atoms with Gasteiger partial charge in [0.1, 0.15) is 11.9 Å². The fourth-order valence-corrected chi connectivity index (χ4v) is 2.76. The smallest absolute Gasteiger partial charge is 0.336 e. The van der Waals surface area contributed by atoms with Crippen LogP contribution in [0.15, 0.2) is 36.5 Å². The van der Waals surface area contributed by atoms with Crippen molar-refractivity contribution in [2.75, 3.05) is 7.05 Å². The molecule has 0 saturated heterocycles. The normalized spacial score (nSPS) is 13.2. The summed E-state index contributed by atoms with van der Waals surface area (Å²) in [6, 6.07) is 7.59. The van der Waals surface area contributed by atoms with Crippen LogP contribution in [0.2, 0.25) is 0 Å². The Morgan fingerprint density at radius 1 is 1.27 bits per heavy atom. The van der Waals surface area contributed by atoms with Gasteiger partial charge in [-0.05, 0) is 25.1 Å². The van der Waals surface area contributed by atoms with Crippen molar-refractivity contribution >= 4 is 16.9 Å². The van der Waals surface area contributed by atoms with Crippen LogP contribution in [0.25, 0.3) is 11.0 Å². The van der Waals surface area contributed by atoms with E-state index in [1.54, 1.807) is 7.05 Å². The molecule has 2 aromatic heterocycles. The molecule has 1 unspecified atom stereocenters. The Kier molecular flexibility index (Phi) is 4.47. The number of carbonyl (C=O) groups is 1. The standard InChI is InChI=1S/C17H18F3N5O/c1-11(25-9-8-14(22-25)17(18,19)20)16(26)23(2)10-15-21-12-6-4-5-7-13(12)24(15)3/h4-9,11H,10H2,1-3H3. The Balaban J connectivity index is 1.76. The van der Waals surface area contributed by atoms with Crippen molar-refractivity contribution in [3.05, 3.63) is 48.0 Å². The molecule has 0 aliphatic heterocycles. The molecule has 3 aromatic rings. The molecule has 2 heterocycles. The molecule has 138 valence electrons. The predicted molar refractivity (Wildman–Crippen MR) is 89.1 cm³/mol. The summed E-state index contributed by atoms with van der Waals surface area (Å²) < 4.78 is 40.9. The minimum absolute atomic E-state index is 0.238. The number of hydrogen-bond acceptors (Lipinski definition) is 3. The van der Waals surface area contributed by atoms with Gasteiger partial charge in [-0.1, -0.05) is 12.1 Å². The van der Waals surface area contributed by atoms with E-state index in [0.29, 0.717) is 5.82 Å². The second kappa shape index (κ2) is 6.47. The lowest BCUT2D eigenvalue weighted by Gasteiger charge is -2.21. The van der Waals surface area contributed by atoms with E-state index in [2.05, 4.69) is 10.1 Å². The number of carbonyl (C=O) groups excluding carboxylic acids is 1. The highest BCUT2D eigenvalue weighted by Crippen LogP contribution is 2.28. The number of para-hydroxylation sites is 2. The SMILES string of the molecule is CC(C(=O)N(C)Cc1nc2ccccc2n1C)n1ccc(C(F)(F)F)n1. The Labute approximate surface area is 147 Å². The molecule has 0 fully saturated rings. The van der Waals surface area contributed by atoms with Crippen molar-refractivity contribution in [3.8, 4) is 0 Å². The number of fused-ring (bicyclic) bond motifs is 1. The monoisotopic (exact) mass is 365 g/mol. The van der Waals surface area contributed by atoms with Gasteiger partial charge >= 0.3 is 6.18 Å². The van der Waals surface area contributed by atoms with Gasteiger partial charge in [0.05, 0.1) is 17.6 Å². The van der Waals surface area contributed by atoms with Gasteiger partial charge in [-0.15, -0.1) is 0 Å². The lowest BCUT2D eigenvalue weighted by Crippen LogP contribution is -2.33. The number of halogens is 3. The summed E-state index contributed by atoms with van der Waals surface area (Å²) in [5.74, 6) is 0.333. The highest BCUT2D eigenvalue weighted by molar-refractivity contribution is 5.80. The quantitative estimate of drug-likeness (QED) is 0.714. The van der Waals surface area contributed by atoms with Crippen molar-refractivity contribution in [2.45, 2.75) is 25.7 Å². The summed E-state index contributed by atoms with van der Waals surface area (Å²) in [5.41, 5.74) is 0.745. The Morgan fingerprint density at radius 3 is 2.58 bits per heavy atom. The average Bonchev–Trinajstić information content (AvgIpc) is 3.20. The molecule has 9 heteroatoms. The molecule has 1 atom stereocenters. The lowest BCUT2D eigenvalue weighted by molar-refractivity contribution is -0.142. The summed E-state index contributed by atoms with van der Waals surface area (Å²) in [5, 5.41) is 3.47. The summed E-state index contributed by atoms with van der Waals surface area (Å²) >= 11 is 0. The average molecular weight is 365 g/mol. The zero-order valence-electron chi connectivity index (χ0n) is 14.5. The number of benzene rings is 1. The van der Waals surface area contributed by atoms with Crippen LogP contribution in [0.5, 0.6) is 0 Å². The van der Waals surface area contributed by atoms with E-state index in [9.17, 15) is 18.0 Å². The molecule has 0 bridgehead atoms. The van der Waals surface area contributed by atoms with Gasteiger partial charge in [-0.2, -0.15) is 18.3 Å². The molecule has 1 aromatic carbocycles. The minimum atomic E-state index is -4.53. The number of likely N-dealkylation sites (N-methyl/N-ethyl adjacent to an activating group) is 1. The summed E-state index contributed by atoms with van der Waals surface area (Å²) in [6.45, 7) is 1.75. The summed E-state index contributed by atoms with van der Waals surface area (Å²) in [7, 11) is 3.45. The maximum absolute atomic E-state index is 12.7. The van der Waals surface area contributed by atoms with Crippen LogP contribution in [-0.2, 0) is 24.6 Å². The van der Waals surface area contributed by atoms with Gasteiger partial charge in [0.25, 0.3) is 0 Å². The first-order chi connectivity index (χ1) is 12.2. The zero-order chi connectivity index (χ0) is 19.1. The van der Waals surface area contributed by atoms with Gasteiger partial charge in [0.2, 0.25) is 5.91 Å². The van der Waals surface area contributed by atoms with Crippen LogP contribution in [0.3, 0.4) is 0 Å². The van der Waals surface area contributed by atoms with E-state index in [4.69, 9.17) is 0 Å². The number of alkyl halides is 3. The van der Waals surface area contributed by atoms with Gasteiger partial charge in [-0.3, -0.25) is 9.48 Å². The first-order valence-corrected chi connectivity index (χ1v) is 7.96. The maximum atomic E-state index is 12.7. The summed E-state index contributed by atoms with van der Waals surface area (Å²) in [6.07, 6.45) is -3.37. The van der Waals surface area contributed by atoms with E-state index in [1.165, 1.54) is 11.8 Å². The van der Waals surface area contributed by atoms with Crippen molar-refractivity contribution < 1.29 is 18.0 Å². The van der Waals surface area contributed by atoms with Crippen LogP contribution in [-0.4, -0.2) is 37.2 Å². The number of aryl methyl sites for hydroxylation is 1. The van der Waals surface area contributed by atoms with Crippen molar-refractivity contribution in [2.24, 2.45) is 7.05 Å². The van der Waals surface area contributed by atoms with Crippen LogP contribution < -0.4 is 0 Å². The van der Waals surface area contributed by atoms with Gasteiger partial charge in [0.15, 0.2) is 5.69 Å². The topological polar surface area (TPSA) is 56.0 Å². The summed E-state index contributed by atoms with van der Waals surface area (Å²) in [4.78, 5) is 18.5. The number of hydrogen-bond donors (Lipinski definition) is 0. The van der Waals surface area contributed by atoms with E-state index in [1.807, 2.05) is 35.9 Å². The van der Waals surface area contributed by atoms with Crippen LogP contribution >= 0.6 is 0 Å². The van der Waals surface area contributed by atoms with Crippen molar-refractivity contribution in [1.29, 1.82) is 0 Å². The van der Waals surface area contributed by atoms with Crippen LogP contribution in [0.1, 0.15) is 24.5 Å². The second-order valence-electron chi connectivity index (χ2n) is 6.12. The number of nitrogens with zero attached hydrogens (tertiary/aromatic N) is 5.